The van der Waals surface area contributed by atoms with Gasteiger partial charge >= 0.3 is 0 Å². The Balaban J connectivity index is 2.31. The zero-order valence-electron chi connectivity index (χ0n) is 14.4. The Morgan fingerprint density at radius 2 is 1.79 bits per heavy atom. The predicted octanol–water partition coefficient (Wildman–Crippen LogP) is 1.18. The number of hydrogen-bond donors (Lipinski definition) is 2. The summed E-state index contributed by atoms with van der Waals surface area (Å²) in [6, 6.07) is 9.59. The fourth-order valence-electron chi connectivity index (χ4n) is 2.29. The molecule has 0 saturated carbocycles. The van der Waals surface area contributed by atoms with Gasteiger partial charge in [-0.2, -0.15) is 5.26 Å². The first-order chi connectivity index (χ1) is 13.2. The van der Waals surface area contributed by atoms with Crippen LogP contribution < -0.4 is 10.6 Å². The smallest absolute Gasteiger partial charge is 0.251 e. The minimum atomic E-state index is -4.48. The highest BCUT2D eigenvalue weighted by atomic mass is 32.2. The quantitative estimate of drug-likeness (QED) is 0.669. The number of benzene rings is 2. The molecule has 2 N–H and O–H groups in total. The largest absolute Gasteiger partial charge is 0.341 e. The van der Waals surface area contributed by atoms with Gasteiger partial charge in [-0.15, -0.1) is 0 Å². The minimum absolute atomic E-state index is 0.162. The summed E-state index contributed by atoms with van der Waals surface area (Å²) in [6.07, 6.45) is 0. The number of sulfone groups is 1. The van der Waals surface area contributed by atoms with Crippen LogP contribution in [0.25, 0.3) is 0 Å². The predicted molar refractivity (Wildman–Crippen MR) is 94.7 cm³/mol. The highest BCUT2D eigenvalue weighted by molar-refractivity contribution is 7.91. The van der Waals surface area contributed by atoms with Crippen LogP contribution in [0.15, 0.2) is 53.4 Å². The molecular formula is C18H15F2N3O4S. The van der Waals surface area contributed by atoms with E-state index in [0.717, 1.165) is 6.07 Å². The minimum Gasteiger partial charge on any atom is -0.341 e. The van der Waals surface area contributed by atoms with Crippen LogP contribution in [0.4, 0.5) is 8.78 Å². The zero-order chi connectivity index (χ0) is 20.7. The van der Waals surface area contributed by atoms with Gasteiger partial charge in [-0.1, -0.05) is 18.2 Å². The van der Waals surface area contributed by atoms with Crippen molar-refractivity contribution in [1.82, 2.24) is 10.6 Å². The molecule has 0 aromatic heterocycles. The molecule has 2 rings (SSSR count). The van der Waals surface area contributed by atoms with Gasteiger partial charge in [0.25, 0.3) is 5.91 Å². The van der Waals surface area contributed by atoms with Crippen LogP contribution in [-0.2, 0) is 14.6 Å². The average Bonchev–Trinajstić information content (AvgIpc) is 2.67. The maximum atomic E-state index is 13.9. The Morgan fingerprint density at radius 1 is 1.11 bits per heavy atom. The third kappa shape index (κ3) is 5.34. The van der Waals surface area contributed by atoms with Crippen molar-refractivity contribution in [1.29, 1.82) is 5.26 Å². The van der Waals surface area contributed by atoms with Crippen LogP contribution in [0.5, 0.6) is 0 Å². The molecule has 1 atom stereocenters. The van der Waals surface area contributed by atoms with Gasteiger partial charge in [0.1, 0.15) is 29.1 Å². The molecule has 0 bridgehead atoms. The molecule has 0 aliphatic carbocycles. The van der Waals surface area contributed by atoms with E-state index >= 15 is 0 Å². The van der Waals surface area contributed by atoms with Gasteiger partial charge in [-0.25, -0.2) is 17.2 Å². The molecular weight excluding hydrogens is 392 g/mol. The molecule has 0 radical (unpaired) electrons. The first kappa shape index (κ1) is 21.0. The van der Waals surface area contributed by atoms with Crippen molar-refractivity contribution in [3.05, 3.63) is 65.7 Å². The number of carbonyl (C=O) groups excluding carboxylic acids is 2. The molecule has 0 aliphatic rings. The third-order valence-corrected chi connectivity index (χ3v) is 5.37. The maximum absolute atomic E-state index is 13.9. The van der Waals surface area contributed by atoms with Crippen LogP contribution in [0.3, 0.4) is 0 Å². The molecule has 0 aliphatic heterocycles. The van der Waals surface area contributed by atoms with Crippen LogP contribution in [-0.4, -0.2) is 38.6 Å². The molecule has 1 unspecified atom stereocenters. The van der Waals surface area contributed by atoms with E-state index in [1.165, 1.54) is 12.1 Å². The van der Waals surface area contributed by atoms with Crippen LogP contribution in [0.1, 0.15) is 10.4 Å². The Bertz CT molecular complexity index is 1020. The lowest BCUT2D eigenvalue weighted by molar-refractivity contribution is -0.122. The summed E-state index contributed by atoms with van der Waals surface area (Å²) < 4.78 is 52.2. The highest BCUT2D eigenvalue weighted by Gasteiger charge is 2.30. The monoisotopic (exact) mass is 407 g/mol. The number of halogens is 2. The molecule has 2 aromatic rings. The summed E-state index contributed by atoms with van der Waals surface area (Å²) in [4.78, 5) is 23.6. The summed E-state index contributed by atoms with van der Waals surface area (Å²) in [7, 11) is -4.48. The fraction of sp³-hybridized carbons (Fsp3) is 0.167. The number of hydrogen-bond acceptors (Lipinski definition) is 5. The van der Waals surface area contributed by atoms with E-state index in [0.29, 0.717) is 12.1 Å². The Hall–Kier alpha value is -3.32. The van der Waals surface area contributed by atoms with Gasteiger partial charge in [-0.05, 0) is 30.3 Å². The Labute approximate surface area is 159 Å². The molecule has 10 heteroatoms. The van der Waals surface area contributed by atoms with E-state index in [1.54, 1.807) is 24.3 Å². The third-order valence-electron chi connectivity index (χ3n) is 3.61. The summed E-state index contributed by atoms with van der Waals surface area (Å²) in [5.74, 6) is -4.88. The highest BCUT2D eigenvalue weighted by Crippen LogP contribution is 2.18. The Kier molecular flexibility index (Phi) is 6.79. The number of nitriles is 1. The van der Waals surface area contributed by atoms with Gasteiger partial charge in [0.05, 0.1) is 11.8 Å². The molecule has 7 nitrogen and oxygen atoms in total. The summed E-state index contributed by atoms with van der Waals surface area (Å²) in [5.41, 5.74) is 0.162. The SMILES string of the molecule is N#CCNC(=O)C(CS(=O)(=O)c1cc(F)ccc1F)NC(=O)c1ccccc1. The topological polar surface area (TPSA) is 116 Å². The lowest BCUT2D eigenvalue weighted by atomic mass is 10.2. The lowest BCUT2D eigenvalue weighted by Crippen LogP contribution is -2.50. The zero-order valence-corrected chi connectivity index (χ0v) is 15.2. The van der Waals surface area contributed by atoms with Crippen molar-refractivity contribution < 1.29 is 26.8 Å². The molecule has 0 saturated heterocycles. The van der Waals surface area contributed by atoms with E-state index in [2.05, 4.69) is 10.6 Å². The number of nitrogens with one attached hydrogen (secondary N) is 2. The number of rotatable bonds is 7. The van der Waals surface area contributed by atoms with Gasteiger partial charge in [-0.3, -0.25) is 9.59 Å². The van der Waals surface area contributed by atoms with Gasteiger partial charge in [0, 0.05) is 5.56 Å². The Morgan fingerprint density at radius 3 is 2.43 bits per heavy atom. The van der Waals surface area contributed by atoms with Crippen molar-refractivity contribution in [2.24, 2.45) is 0 Å². The van der Waals surface area contributed by atoms with E-state index in [4.69, 9.17) is 5.26 Å². The summed E-state index contributed by atoms with van der Waals surface area (Å²) in [6.45, 7) is -0.426. The van der Waals surface area contributed by atoms with Crippen molar-refractivity contribution in [3.63, 3.8) is 0 Å². The van der Waals surface area contributed by atoms with Crippen molar-refractivity contribution >= 4 is 21.7 Å². The molecule has 0 spiro atoms. The van der Waals surface area contributed by atoms with E-state index in [1.807, 2.05) is 0 Å². The lowest BCUT2D eigenvalue weighted by Gasteiger charge is -2.18. The van der Waals surface area contributed by atoms with Crippen LogP contribution in [0.2, 0.25) is 0 Å². The molecule has 0 fully saturated rings. The van der Waals surface area contributed by atoms with E-state index in [-0.39, 0.29) is 5.56 Å². The maximum Gasteiger partial charge on any atom is 0.251 e. The van der Waals surface area contributed by atoms with Gasteiger partial charge in [0.15, 0.2) is 9.84 Å². The summed E-state index contributed by atoms with van der Waals surface area (Å²) >= 11 is 0. The standard InChI is InChI=1S/C18H15F2N3O4S/c19-13-6-7-14(20)16(10-13)28(26,27)11-15(18(25)22-9-8-21)23-17(24)12-4-2-1-3-5-12/h1-7,10,15H,9,11H2,(H,22,25)(H,23,24). The van der Waals surface area contributed by atoms with Crippen molar-refractivity contribution in [2.45, 2.75) is 10.9 Å². The summed E-state index contributed by atoms with van der Waals surface area (Å²) in [5, 5.41) is 13.0. The van der Waals surface area contributed by atoms with Crippen molar-refractivity contribution in [2.75, 3.05) is 12.3 Å². The van der Waals surface area contributed by atoms with Crippen LogP contribution >= 0.6 is 0 Å². The second-order valence-electron chi connectivity index (χ2n) is 5.62. The second kappa shape index (κ2) is 9.05. The van der Waals surface area contributed by atoms with Gasteiger partial charge in [0.2, 0.25) is 5.91 Å². The van der Waals surface area contributed by atoms with Crippen LogP contribution in [0, 0.1) is 23.0 Å². The molecule has 146 valence electrons. The molecule has 2 amide bonds. The van der Waals surface area contributed by atoms with Gasteiger partial charge < -0.3 is 10.6 Å². The first-order valence-electron chi connectivity index (χ1n) is 7.93. The first-order valence-corrected chi connectivity index (χ1v) is 9.58. The van der Waals surface area contributed by atoms with Crippen molar-refractivity contribution in [3.8, 4) is 6.07 Å². The average molecular weight is 407 g/mol. The van der Waals surface area contributed by atoms with E-state index < -0.39 is 56.5 Å². The number of carbonyl (C=O) groups is 2. The fourth-order valence-corrected chi connectivity index (χ4v) is 3.80. The molecule has 0 heterocycles. The normalized spacial score (nSPS) is 11.9. The molecule has 28 heavy (non-hydrogen) atoms. The second-order valence-corrected chi connectivity index (χ2v) is 7.63. The number of amides is 2. The van der Waals surface area contributed by atoms with E-state index in [9.17, 15) is 26.8 Å². The molecule has 2 aromatic carbocycles. The number of nitrogens with zero attached hydrogens (tertiary/aromatic N) is 1.